The number of fused-ring (bicyclic) bond motifs is 1. The van der Waals surface area contributed by atoms with Gasteiger partial charge < -0.3 is 20.7 Å². The summed E-state index contributed by atoms with van der Waals surface area (Å²) in [4.78, 5) is 56.4. The van der Waals surface area contributed by atoms with E-state index in [2.05, 4.69) is 40.2 Å². The first-order valence-electron chi connectivity index (χ1n) is 20.1. The molecule has 55 heavy (non-hydrogen) atoms. The lowest BCUT2D eigenvalue weighted by atomic mass is 9.49. The predicted molar refractivity (Wildman–Crippen MR) is 208 cm³/mol. The third kappa shape index (κ3) is 6.96. The maximum Gasteiger partial charge on any atom is 0.325 e. The Kier molecular flexibility index (Phi) is 9.53. The molecule has 3 atom stereocenters. The van der Waals surface area contributed by atoms with E-state index in [1.54, 1.807) is 0 Å². The molecule has 3 amide bonds. The summed E-state index contributed by atoms with van der Waals surface area (Å²) >= 11 is 0. The smallest absolute Gasteiger partial charge is 0.325 e. The van der Waals surface area contributed by atoms with Gasteiger partial charge in [-0.15, -0.1) is 0 Å². The van der Waals surface area contributed by atoms with Crippen LogP contribution in [-0.2, 0) is 36.9 Å². The van der Waals surface area contributed by atoms with Crippen molar-refractivity contribution < 1.29 is 23.9 Å². The van der Waals surface area contributed by atoms with E-state index in [0.717, 1.165) is 51.1 Å². The van der Waals surface area contributed by atoms with Gasteiger partial charge in [0.2, 0.25) is 17.7 Å². The fourth-order valence-electron chi connectivity index (χ4n) is 11.6. The second-order valence-corrected chi connectivity index (χ2v) is 17.0. The summed E-state index contributed by atoms with van der Waals surface area (Å²) < 4.78 is 5.41. The van der Waals surface area contributed by atoms with E-state index in [1.807, 2.05) is 84.9 Å². The van der Waals surface area contributed by atoms with E-state index in [-0.39, 0.29) is 48.6 Å². The Morgan fingerprint density at radius 1 is 0.600 bits per heavy atom. The van der Waals surface area contributed by atoms with Crippen molar-refractivity contribution in [2.24, 2.45) is 35.0 Å². The minimum atomic E-state index is -0.987. The summed E-state index contributed by atoms with van der Waals surface area (Å²) in [5, 5.41) is 9.30. The molecule has 11 rings (SSSR count). The van der Waals surface area contributed by atoms with Crippen LogP contribution in [0.15, 0.2) is 109 Å². The monoisotopic (exact) mass is 735 g/mol. The summed E-state index contributed by atoms with van der Waals surface area (Å²) in [5.74, 6) is -1.24. The molecule has 8 heteroatoms. The molecule has 0 radical (unpaired) electrons. The molecule has 8 nitrogen and oxygen atoms in total. The zero-order valence-corrected chi connectivity index (χ0v) is 31.1. The van der Waals surface area contributed by atoms with Gasteiger partial charge in [0.05, 0.1) is 11.8 Å². The van der Waals surface area contributed by atoms with Crippen LogP contribution in [-0.4, -0.2) is 42.8 Å². The van der Waals surface area contributed by atoms with Crippen molar-refractivity contribution in [1.29, 1.82) is 0 Å². The number of hydrogen-bond acceptors (Lipinski definition) is 5. The molecular weight excluding hydrogens is 687 g/mol. The molecule has 6 bridgehead atoms. The highest BCUT2D eigenvalue weighted by atomic mass is 16.5. The number of benzene rings is 4. The van der Waals surface area contributed by atoms with Crippen LogP contribution in [0.1, 0.15) is 83.7 Å². The van der Waals surface area contributed by atoms with Crippen LogP contribution in [0.4, 0.5) is 0 Å². The quantitative estimate of drug-likeness (QED) is 0.145. The zero-order chi connectivity index (χ0) is 37.5. The molecule has 4 aromatic rings. The number of carbonyl (C=O) groups is 4. The van der Waals surface area contributed by atoms with Crippen molar-refractivity contribution in [3.63, 3.8) is 0 Å². The lowest BCUT2D eigenvalue weighted by Crippen LogP contribution is -2.58. The van der Waals surface area contributed by atoms with Gasteiger partial charge in [-0.3, -0.25) is 19.2 Å². The molecule has 0 aliphatic heterocycles. The topological polar surface area (TPSA) is 114 Å². The largest absolute Gasteiger partial charge is 0.460 e. The van der Waals surface area contributed by atoms with Crippen molar-refractivity contribution in [1.82, 2.24) is 16.0 Å². The Bertz CT molecular complexity index is 2000. The van der Waals surface area contributed by atoms with E-state index >= 15 is 0 Å². The molecule has 3 N–H and O–H groups in total. The van der Waals surface area contributed by atoms with Gasteiger partial charge in [0.25, 0.3) is 0 Å². The van der Waals surface area contributed by atoms with E-state index < -0.39 is 29.8 Å². The summed E-state index contributed by atoms with van der Waals surface area (Å²) in [6, 6.07) is 34.3. The second kappa shape index (κ2) is 14.8. The molecule has 0 spiro atoms. The lowest BCUT2D eigenvalue weighted by molar-refractivity contribution is -0.145. The Morgan fingerprint density at radius 3 is 1.60 bits per heavy atom. The number of amides is 3. The van der Waals surface area contributed by atoms with Crippen LogP contribution in [0.5, 0.6) is 0 Å². The molecule has 0 heterocycles. The van der Waals surface area contributed by atoms with Crippen molar-refractivity contribution >= 4 is 23.7 Å². The second-order valence-electron chi connectivity index (χ2n) is 17.0. The first-order valence-corrected chi connectivity index (χ1v) is 20.1. The van der Waals surface area contributed by atoms with Gasteiger partial charge in [-0.25, -0.2) is 0 Å². The van der Waals surface area contributed by atoms with E-state index in [1.165, 1.54) is 38.5 Å². The van der Waals surface area contributed by atoms with Gasteiger partial charge in [0.1, 0.15) is 19.2 Å². The summed E-state index contributed by atoms with van der Waals surface area (Å²) in [7, 11) is 0. The van der Waals surface area contributed by atoms with E-state index in [9.17, 15) is 19.2 Å². The maximum absolute atomic E-state index is 15.0. The normalized spacial score (nSPS) is 28.3. The highest BCUT2D eigenvalue weighted by Crippen LogP contribution is 2.61. The first-order chi connectivity index (χ1) is 26.8. The minimum Gasteiger partial charge on any atom is -0.460 e. The number of carbonyl (C=O) groups excluding carboxylic acids is 4. The molecule has 4 fully saturated rings. The van der Waals surface area contributed by atoms with Crippen LogP contribution in [0, 0.1) is 35.0 Å². The highest BCUT2D eigenvalue weighted by Gasteiger charge is 2.56. The molecule has 4 aromatic carbocycles. The number of ether oxygens (including phenoxy) is 1. The Balaban J connectivity index is 0.987. The van der Waals surface area contributed by atoms with Crippen molar-refractivity contribution in [3.8, 4) is 0 Å². The number of esters is 1. The molecule has 4 saturated carbocycles. The first kappa shape index (κ1) is 35.5. The Labute approximate surface area is 322 Å². The fraction of sp³-hybridized carbons (Fsp3) is 0.404. The summed E-state index contributed by atoms with van der Waals surface area (Å²) in [6.07, 6.45) is 7.77. The summed E-state index contributed by atoms with van der Waals surface area (Å²) in [5.41, 5.74) is 6.16. The van der Waals surface area contributed by atoms with Gasteiger partial charge in [-0.1, -0.05) is 109 Å². The van der Waals surface area contributed by atoms with Gasteiger partial charge in [-0.05, 0) is 95.1 Å². The fourth-order valence-corrected chi connectivity index (χ4v) is 11.6. The van der Waals surface area contributed by atoms with Gasteiger partial charge >= 0.3 is 5.97 Å². The SMILES string of the molecule is O=C(CNC(=O)[C@@H](Cc1ccccc1)NC(=O)[C@H]1C2c3ccccc3C(c3ccccc32)[C@H]1C(=O)NCC12CC3CC(CC(C3)C1)C2)OCc1ccccc1. The van der Waals surface area contributed by atoms with Gasteiger partial charge in [0, 0.05) is 24.8 Å². The molecule has 0 unspecified atom stereocenters. The minimum absolute atomic E-state index is 0.0832. The van der Waals surface area contributed by atoms with Crippen LogP contribution in [0.2, 0.25) is 0 Å². The van der Waals surface area contributed by atoms with Gasteiger partial charge in [0.15, 0.2) is 0 Å². The van der Waals surface area contributed by atoms with Crippen LogP contribution < -0.4 is 16.0 Å². The predicted octanol–water partition coefficient (Wildman–Crippen LogP) is 6.43. The summed E-state index contributed by atoms with van der Waals surface area (Å²) in [6.45, 7) is 0.413. The number of rotatable bonds is 12. The van der Waals surface area contributed by atoms with Crippen LogP contribution >= 0.6 is 0 Å². The van der Waals surface area contributed by atoms with Gasteiger partial charge in [-0.2, -0.15) is 0 Å². The molecular formula is C47H49N3O5. The zero-order valence-electron chi connectivity index (χ0n) is 31.1. The van der Waals surface area contributed by atoms with Crippen LogP contribution in [0.3, 0.4) is 0 Å². The number of nitrogens with one attached hydrogen (secondary N) is 3. The average Bonchev–Trinajstić information content (AvgIpc) is 3.21. The average molecular weight is 736 g/mol. The molecule has 282 valence electrons. The molecule has 0 aromatic heterocycles. The van der Waals surface area contributed by atoms with Crippen LogP contribution in [0.25, 0.3) is 0 Å². The van der Waals surface area contributed by atoms with Crippen molar-refractivity contribution in [2.45, 2.75) is 69.4 Å². The Morgan fingerprint density at radius 2 is 1.07 bits per heavy atom. The van der Waals surface area contributed by atoms with E-state index in [4.69, 9.17) is 4.74 Å². The van der Waals surface area contributed by atoms with Crippen molar-refractivity contribution in [2.75, 3.05) is 13.1 Å². The standard InChI is InChI=1S/C47H49N3O5/c51-39(55-27-30-13-5-2-6-14-30)26-48-44(52)38(22-29-11-3-1-4-12-29)50-46(54)43-41-36-17-9-7-15-34(36)40(35-16-8-10-18-37(35)41)42(43)45(53)49-28-47-23-31-19-32(24-47)21-33(20-31)25-47/h1-18,31-33,38,40-43H,19-28H2,(H,48,52)(H,49,53)(H,50,54)/t31?,32?,33?,38-,40?,41?,42-,43+,47?/m1/s1. The number of hydrogen-bond donors (Lipinski definition) is 3. The lowest BCUT2D eigenvalue weighted by Gasteiger charge is -2.57. The van der Waals surface area contributed by atoms with E-state index in [0.29, 0.717) is 6.54 Å². The highest BCUT2D eigenvalue weighted by molar-refractivity contribution is 5.95. The Hall–Kier alpha value is -5.24. The third-order valence-corrected chi connectivity index (χ3v) is 13.4. The maximum atomic E-state index is 15.0. The molecule has 7 aliphatic rings. The van der Waals surface area contributed by atoms with Crippen molar-refractivity contribution in [3.05, 3.63) is 143 Å². The third-order valence-electron chi connectivity index (χ3n) is 13.4. The molecule has 0 saturated heterocycles. The molecule has 7 aliphatic carbocycles.